The topological polar surface area (TPSA) is 78.8 Å². The van der Waals surface area contributed by atoms with E-state index >= 15 is 0 Å². The molecule has 2 rings (SSSR count). The lowest BCUT2D eigenvalue weighted by atomic mass is 10.3. The van der Waals surface area contributed by atoms with Crippen molar-refractivity contribution in [1.29, 1.82) is 0 Å². The van der Waals surface area contributed by atoms with E-state index in [0.717, 1.165) is 5.69 Å². The predicted molar refractivity (Wildman–Crippen MR) is 61.1 cm³/mol. The van der Waals surface area contributed by atoms with Crippen LogP contribution in [0.1, 0.15) is 18.3 Å². The second kappa shape index (κ2) is 4.00. The molecule has 0 aliphatic rings. The Hall–Kier alpha value is -2.18. The molecule has 0 aliphatic heterocycles. The van der Waals surface area contributed by atoms with Gasteiger partial charge in [0.2, 0.25) is 5.82 Å². The monoisotopic (exact) mass is 235 g/mol. The molecule has 0 spiro atoms. The maximum absolute atomic E-state index is 11.1. The quantitative estimate of drug-likeness (QED) is 0.594. The van der Waals surface area contributed by atoms with Crippen molar-refractivity contribution in [1.82, 2.24) is 19.6 Å². The summed E-state index contributed by atoms with van der Waals surface area (Å²) in [6, 6.07) is 1.79. The summed E-state index contributed by atoms with van der Waals surface area (Å²) < 4.78 is 2.98. The third-order valence-electron chi connectivity index (χ3n) is 2.52. The minimum atomic E-state index is -0.405. The highest BCUT2D eigenvalue weighted by Crippen LogP contribution is 2.26. The molecule has 17 heavy (non-hydrogen) atoms. The van der Waals surface area contributed by atoms with Crippen LogP contribution in [-0.2, 0) is 13.5 Å². The highest BCUT2D eigenvalue weighted by molar-refractivity contribution is 5.51. The van der Waals surface area contributed by atoms with E-state index in [0.29, 0.717) is 17.9 Å². The van der Waals surface area contributed by atoms with Gasteiger partial charge in [-0.15, -0.1) is 0 Å². The van der Waals surface area contributed by atoms with Crippen LogP contribution in [0.15, 0.2) is 12.3 Å². The molecule has 0 N–H and O–H groups in total. The van der Waals surface area contributed by atoms with Crippen molar-refractivity contribution in [2.24, 2.45) is 7.05 Å². The summed E-state index contributed by atoms with van der Waals surface area (Å²) in [4.78, 5) is 10.7. The Balaban J connectivity index is 2.68. The molecule has 0 aromatic carbocycles. The first kappa shape index (κ1) is 11.3. The number of aromatic nitrogens is 4. The van der Waals surface area contributed by atoms with Gasteiger partial charge in [0.15, 0.2) is 0 Å². The lowest BCUT2D eigenvalue weighted by Crippen LogP contribution is -2.05. The van der Waals surface area contributed by atoms with Gasteiger partial charge in [0.1, 0.15) is 5.69 Å². The van der Waals surface area contributed by atoms with Crippen molar-refractivity contribution >= 4 is 5.69 Å². The summed E-state index contributed by atoms with van der Waals surface area (Å²) in [5.74, 6) is 0.389. The van der Waals surface area contributed by atoms with Crippen molar-refractivity contribution in [3.05, 3.63) is 33.8 Å². The van der Waals surface area contributed by atoms with Crippen molar-refractivity contribution in [2.75, 3.05) is 0 Å². The Morgan fingerprint density at radius 2 is 2.18 bits per heavy atom. The van der Waals surface area contributed by atoms with Crippen LogP contribution >= 0.6 is 0 Å². The summed E-state index contributed by atoms with van der Waals surface area (Å²) in [6.45, 7) is 3.67. The van der Waals surface area contributed by atoms with Gasteiger partial charge in [0, 0.05) is 13.2 Å². The third kappa shape index (κ3) is 1.79. The third-order valence-corrected chi connectivity index (χ3v) is 2.52. The van der Waals surface area contributed by atoms with Crippen LogP contribution in [0.25, 0.3) is 5.82 Å². The van der Waals surface area contributed by atoms with Gasteiger partial charge in [-0.25, -0.2) is 9.36 Å². The fourth-order valence-electron chi connectivity index (χ4n) is 1.77. The van der Waals surface area contributed by atoms with E-state index in [1.165, 1.54) is 9.36 Å². The lowest BCUT2D eigenvalue weighted by Gasteiger charge is -2.00. The molecule has 0 bridgehead atoms. The SMILES string of the molecule is CCc1nn(C)c(-n2ccc(C)n2)c1[N+](=O)[O-]. The van der Waals surface area contributed by atoms with E-state index in [1.807, 2.05) is 13.8 Å². The molecule has 90 valence electrons. The highest BCUT2D eigenvalue weighted by atomic mass is 16.6. The van der Waals surface area contributed by atoms with E-state index < -0.39 is 4.92 Å². The first-order chi connectivity index (χ1) is 8.04. The van der Waals surface area contributed by atoms with Crippen LogP contribution in [0.3, 0.4) is 0 Å². The fraction of sp³-hybridized carbons (Fsp3) is 0.400. The molecular weight excluding hydrogens is 222 g/mol. The van der Waals surface area contributed by atoms with Crippen molar-refractivity contribution in [3.8, 4) is 5.82 Å². The van der Waals surface area contributed by atoms with Crippen LogP contribution in [0, 0.1) is 17.0 Å². The molecule has 2 aromatic heterocycles. The molecule has 2 aromatic rings. The minimum Gasteiger partial charge on any atom is -0.258 e. The Bertz CT molecular complexity index is 569. The molecule has 0 saturated heterocycles. The average Bonchev–Trinajstić information content (AvgIpc) is 2.81. The van der Waals surface area contributed by atoms with E-state index in [9.17, 15) is 10.1 Å². The van der Waals surface area contributed by atoms with Crippen LogP contribution < -0.4 is 0 Å². The maximum atomic E-state index is 11.1. The number of rotatable bonds is 3. The molecule has 7 nitrogen and oxygen atoms in total. The van der Waals surface area contributed by atoms with E-state index in [4.69, 9.17) is 0 Å². The molecule has 0 fully saturated rings. The van der Waals surface area contributed by atoms with Crippen molar-refractivity contribution in [2.45, 2.75) is 20.3 Å². The Kier molecular flexibility index (Phi) is 2.66. The van der Waals surface area contributed by atoms with Gasteiger partial charge >= 0.3 is 5.69 Å². The van der Waals surface area contributed by atoms with Gasteiger partial charge in [0.25, 0.3) is 0 Å². The van der Waals surface area contributed by atoms with Crippen LogP contribution in [0.5, 0.6) is 0 Å². The van der Waals surface area contributed by atoms with Crippen LogP contribution in [0.4, 0.5) is 5.69 Å². The van der Waals surface area contributed by atoms with Gasteiger partial charge in [-0.05, 0) is 19.4 Å². The number of nitrogens with zero attached hydrogens (tertiary/aromatic N) is 5. The zero-order valence-corrected chi connectivity index (χ0v) is 9.91. The first-order valence-corrected chi connectivity index (χ1v) is 5.27. The van der Waals surface area contributed by atoms with Gasteiger partial charge in [0.05, 0.1) is 10.6 Å². The molecule has 0 atom stereocenters. The molecule has 2 heterocycles. The zero-order valence-electron chi connectivity index (χ0n) is 9.91. The van der Waals surface area contributed by atoms with Crippen LogP contribution in [-0.4, -0.2) is 24.5 Å². The Labute approximate surface area is 97.8 Å². The fourth-order valence-corrected chi connectivity index (χ4v) is 1.77. The minimum absolute atomic E-state index is 0.0260. The van der Waals surface area contributed by atoms with E-state index in [-0.39, 0.29) is 5.69 Å². The Morgan fingerprint density at radius 3 is 2.65 bits per heavy atom. The van der Waals surface area contributed by atoms with Crippen molar-refractivity contribution in [3.63, 3.8) is 0 Å². The first-order valence-electron chi connectivity index (χ1n) is 5.27. The number of hydrogen-bond donors (Lipinski definition) is 0. The van der Waals surface area contributed by atoms with Gasteiger partial charge in [-0.2, -0.15) is 10.2 Å². The molecule has 7 heteroatoms. The van der Waals surface area contributed by atoms with E-state index in [2.05, 4.69) is 10.2 Å². The molecule has 0 aliphatic carbocycles. The second-order valence-electron chi connectivity index (χ2n) is 3.75. The molecule has 0 unspecified atom stereocenters. The normalized spacial score (nSPS) is 10.8. The second-order valence-corrected chi connectivity index (χ2v) is 3.75. The molecular formula is C10H13N5O2. The standard InChI is InChI=1S/C10H13N5O2/c1-4-8-9(15(16)17)10(13(3)12-8)14-6-5-7(2)11-14/h5-6H,4H2,1-3H3. The molecule has 0 saturated carbocycles. The number of nitro groups is 1. The van der Waals surface area contributed by atoms with Crippen molar-refractivity contribution < 1.29 is 4.92 Å². The summed E-state index contributed by atoms with van der Waals surface area (Å²) in [6.07, 6.45) is 2.21. The van der Waals surface area contributed by atoms with Crippen LogP contribution in [0.2, 0.25) is 0 Å². The average molecular weight is 235 g/mol. The predicted octanol–water partition coefficient (Wildman–Crippen LogP) is 1.38. The van der Waals surface area contributed by atoms with E-state index in [1.54, 1.807) is 19.3 Å². The lowest BCUT2D eigenvalue weighted by molar-refractivity contribution is -0.385. The number of aryl methyl sites for hydroxylation is 3. The smallest absolute Gasteiger partial charge is 0.258 e. The van der Waals surface area contributed by atoms with Gasteiger partial charge < -0.3 is 0 Å². The number of hydrogen-bond acceptors (Lipinski definition) is 4. The Morgan fingerprint density at radius 1 is 1.47 bits per heavy atom. The largest absolute Gasteiger partial charge is 0.336 e. The maximum Gasteiger partial charge on any atom is 0.336 e. The van der Waals surface area contributed by atoms with Gasteiger partial charge in [-0.1, -0.05) is 6.92 Å². The summed E-state index contributed by atoms with van der Waals surface area (Å²) in [5, 5.41) is 19.4. The summed E-state index contributed by atoms with van der Waals surface area (Å²) in [5.41, 5.74) is 1.30. The van der Waals surface area contributed by atoms with Gasteiger partial charge in [-0.3, -0.25) is 10.1 Å². The molecule has 0 amide bonds. The zero-order chi connectivity index (χ0) is 12.6. The highest BCUT2D eigenvalue weighted by Gasteiger charge is 2.27. The summed E-state index contributed by atoms with van der Waals surface area (Å²) >= 11 is 0. The molecule has 0 radical (unpaired) electrons. The summed E-state index contributed by atoms with van der Waals surface area (Å²) in [7, 11) is 1.68.